The molecule has 5 rings (SSSR count). The Morgan fingerprint density at radius 2 is 1.46 bits per heavy atom. The van der Waals surface area contributed by atoms with E-state index in [2.05, 4.69) is 0 Å². The average Bonchev–Trinajstić information content (AvgIpc) is 3.11. The number of hydrogen-bond donors (Lipinski definition) is 8. The van der Waals surface area contributed by atoms with Crippen LogP contribution >= 0.6 is 0 Å². The molecule has 0 aromatic heterocycles. The van der Waals surface area contributed by atoms with E-state index in [9.17, 15) is 45.6 Å². The first-order chi connectivity index (χ1) is 23.9. The highest BCUT2D eigenvalue weighted by molar-refractivity contribution is 5.87. The number of aliphatic hydroxyl groups is 7. The van der Waals surface area contributed by atoms with Gasteiger partial charge in [0.2, 0.25) is 0 Å². The molecule has 3 aliphatic heterocycles. The normalized spacial score (nSPS) is 37.8. The third-order valence-electron chi connectivity index (χ3n) is 8.66. The van der Waals surface area contributed by atoms with Gasteiger partial charge < -0.3 is 74.0 Å². The molecular weight excluding hydrogens is 664 g/mol. The van der Waals surface area contributed by atoms with Crippen LogP contribution in [-0.2, 0) is 44.4 Å². The lowest BCUT2D eigenvalue weighted by Crippen LogP contribution is -2.64. The fraction of sp³-hybridized carbons (Fsp3) is 0.559. The first-order valence-electron chi connectivity index (χ1n) is 16.2. The molecular formula is C34H44O16. The maximum atomic E-state index is 12.8. The molecule has 0 radical (unpaired) electrons. The average molecular weight is 709 g/mol. The Hall–Kier alpha value is -3.07. The summed E-state index contributed by atoms with van der Waals surface area (Å²) in [6.07, 6.45) is -17.8. The first-order valence-corrected chi connectivity index (χ1v) is 16.2. The van der Waals surface area contributed by atoms with Crippen LogP contribution in [0.15, 0.2) is 60.7 Å². The predicted octanol–water partition coefficient (Wildman–Crippen LogP) is -1.67. The van der Waals surface area contributed by atoms with Crippen LogP contribution in [0.4, 0.5) is 0 Å². The van der Waals surface area contributed by atoms with Gasteiger partial charge in [0.05, 0.1) is 25.9 Å². The van der Waals surface area contributed by atoms with Crippen molar-refractivity contribution in [1.29, 1.82) is 0 Å². The van der Waals surface area contributed by atoms with Gasteiger partial charge in [-0.3, -0.25) is 0 Å². The van der Waals surface area contributed by atoms with Crippen molar-refractivity contribution < 1.29 is 78.8 Å². The number of esters is 1. The van der Waals surface area contributed by atoms with Crippen molar-refractivity contribution in [2.75, 3.05) is 19.8 Å². The van der Waals surface area contributed by atoms with Crippen LogP contribution in [-0.4, -0.2) is 153 Å². The standard InChI is InChI=1S/C34H44O16/c1-17-30(49-23(37)12-9-18-5-3-2-4-6-18)31(50-33-27(41)24(38)21(36)15-45-33)29(43)34(47-17)46-16-22-25(39)26(40)28(42)32(48-22)44-14-13-19-7-10-20(35)11-8-19/h2-12,17,21-22,24-36,38-43H,13-16H2,1H3/b12-9+. The largest absolute Gasteiger partial charge is 0.508 e. The highest BCUT2D eigenvalue weighted by Gasteiger charge is 2.51. The fourth-order valence-electron chi connectivity index (χ4n) is 5.74. The van der Waals surface area contributed by atoms with Gasteiger partial charge in [0.1, 0.15) is 60.7 Å². The third kappa shape index (κ3) is 9.42. The van der Waals surface area contributed by atoms with E-state index in [4.69, 9.17) is 33.2 Å². The number of carbonyl (C=O) groups is 1. The van der Waals surface area contributed by atoms with Crippen LogP contribution < -0.4 is 0 Å². The summed E-state index contributed by atoms with van der Waals surface area (Å²) in [6, 6.07) is 15.4. The molecule has 8 N–H and O–H groups in total. The Bertz CT molecular complexity index is 1380. The van der Waals surface area contributed by atoms with Gasteiger partial charge >= 0.3 is 5.97 Å². The van der Waals surface area contributed by atoms with Crippen molar-refractivity contribution in [2.24, 2.45) is 0 Å². The van der Waals surface area contributed by atoms with Crippen LogP contribution in [0, 0.1) is 0 Å². The van der Waals surface area contributed by atoms with Gasteiger partial charge in [-0.05, 0) is 42.7 Å². The van der Waals surface area contributed by atoms with Gasteiger partial charge in [-0.15, -0.1) is 0 Å². The Morgan fingerprint density at radius 1 is 0.780 bits per heavy atom. The Labute approximate surface area is 287 Å². The summed E-state index contributed by atoms with van der Waals surface area (Å²) in [5.74, 6) is -0.705. The zero-order chi connectivity index (χ0) is 35.9. The number of benzene rings is 2. The van der Waals surface area contributed by atoms with Crippen LogP contribution in [0.1, 0.15) is 18.1 Å². The van der Waals surface area contributed by atoms with Crippen molar-refractivity contribution >= 4 is 12.0 Å². The molecule has 14 atom stereocenters. The summed E-state index contributed by atoms with van der Waals surface area (Å²) in [4.78, 5) is 12.8. The van der Waals surface area contributed by atoms with Gasteiger partial charge in [-0.2, -0.15) is 0 Å². The van der Waals surface area contributed by atoms with E-state index < -0.39 is 105 Å². The molecule has 0 amide bonds. The van der Waals surface area contributed by atoms with Gasteiger partial charge in [0, 0.05) is 6.08 Å². The third-order valence-corrected chi connectivity index (χ3v) is 8.66. The molecule has 0 saturated carbocycles. The number of carbonyl (C=O) groups excluding carboxylic acids is 1. The zero-order valence-corrected chi connectivity index (χ0v) is 27.1. The van der Waals surface area contributed by atoms with E-state index in [0.717, 1.165) is 11.1 Å². The van der Waals surface area contributed by atoms with E-state index in [1.165, 1.54) is 31.2 Å². The minimum absolute atomic E-state index is 0.0609. The predicted molar refractivity (Wildman–Crippen MR) is 169 cm³/mol. The van der Waals surface area contributed by atoms with E-state index in [-0.39, 0.29) is 12.4 Å². The van der Waals surface area contributed by atoms with Crippen molar-refractivity contribution in [3.05, 3.63) is 71.8 Å². The lowest BCUT2D eigenvalue weighted by Gasteiger charge is -2.46. The summed E-state index contributed by atoms with van der Waals surface area (Å²) in [5.41, 5.74) is 1.55. The maximum Gasteiger partial charge on any atom is 0.331 e. The quantitative estimate of drug-likeness (QED) is 0.0908. The number of ether oxygens (including phenoxy) is 7. The van der Waals surface area contributed by atoms with Gasteiger partial charge in [-0.1, -0.05) is 42.5 Å². The van der Waals surface area contributed by atoms with E-state index >= 15 is 0 Å². The first kappa shape index (κ1) is 38.2. The molecule has 3 aliphatic rings. The zero-order valence-electron chi connectivity index (χ0n) is 27.1. The summed E-state index contributed by atoms with van der Waals surface area (Å²) in [7, 11) is 0. The lowest BCUT2D eigenvalue weighted by atomic mass is 9.98. The van der Waals surface area contributed by atoms with Crippen molar-refractivity contribution in [2.45, 2.75) is 99.4 Å². The van der Waals surface area contributed by atoms with Gasteiger partial charge in [0.15, 0.2) is 25.0 Å². The molecule has 0 aliphatic carbocycles. The maximum absolute atomic E-state index is 12.8. The summed E-state index contributed by atoms with van der Waals surface area (Å²) in [5, 5.41) is 83.1. The monoisotopic (exact) mass is 708 g/mol. The minimum atomic E-state index is -1.73. The van der Waals surface area contributed by atoms with Crippen molar-refractivity contribution in [3.63, 3.8) is 0 Å². The van der Waals surface area contributed by atoms with Crippen LogP contribution in [0.2, 0.25) is 0 Å². The number of phenols is 1. The Morgan fingerprint density at radius 3 is 2.18 bits per heavy atom. The molecule has 3 saturated heterocycles. The number of hydrogen-bond acceptors (Lipinski definition) is 16. The van der Waals surface area contributed by atoms with E-state index in [0.29, 0.717) is 6.42 Å². The second kappa shape index (κ2) is 17.4. The smallest absolute Gasteiger partial charge is 0.331 e. The summed E-state index contributed by atoms with van der Waals surface area (Å²) < 4.78 is 39.8. The molecule has 0 bridgehead atoms. The van der Waals surface area contributed by atoms with Crippen molar-refractivity contribution in [1.82, 2.24) is 0 Å². The second-order valence-corrected chi connectivity index (χ2v) is 12.3. The Balaban J connectivity index is 1.24. The second-order valence-electron chi connectivity index (χ2n) is 12.3. The molecule has 16 nitrogen and oxygen atoms in total. The van der Waals surface area contributed by atoms with Crippen LogP contribution in [0.5, 0.6) is 5.75 Å². The molecule has 2 aromatic rings. The topological polar surface area (TPSA) is 244 Å². The SMILES string of the molecule is CC1OC(OCC2OC(OCCc3ccc(O)cc3)C(O)C(O)C2O)C(O)C(OC2OCC(O)C(O)C2O)C1OC(=O)/C=C/c1ccccc1. The molecule has 50 heavy (non-hydrogen) atoms. The molecule has 2 aromatic carbocycles. The van der Waals surface area contributed by atoms with Gasteiger partial charge in [-0.25, -0.2) is 4.79 Å². The molecule has 0 spiro atoms. The molecule has 14 unspecified atom stereocenters. The number of rotatable bonds is 12. The number of aliphatic hydroxyl groups excluding tert-OH is 7. The van der Waals surface area contributed by atoms with Gasteiger partial charge in [0.25, 0.3) is 0 Å². The number of phenolic OH excluding ortho intramolecular Hbond substituents is 1. The Kier molecular flexibility index (Phi) is 13.3. The minimum Gasteiger partial charge on any atom is -0.508 e. The summed E-state index contributed by atoms with van der Waals surface area (Å²) >= 11 is 0. The van der Waals surface area contributed by atoms with Crippen molar-refractivity contribution in [3.8, 4) is 5.75 Å². The molecule has 16 heteroatoms. The van der Waals surface area contributed by atoms with E-state index in [1.807, 2.05) is 6.07 Å². The lowest BCUT2D eigenvalue weighted by molar-refractivity contribution is -0.354. The highest BCUT2D eigenvalue weighted by atomic mass is 16.7. The number of aromatic hydroxyl groups is 1. The van der Waals surface area contributed by atoms with Crippen LogP contribution in [0.3, 0.4) is 0 Å². The van der Waals surface area contributed by atoms with E-state index in [1.54, 1.807) is 36.4 Å². The summed E-state index contributed by atoms with van der Waals surface area (Å²) in [6.45, 7) is 0.691. The fourth-order valence-corrected chi connectivity index (χ4v) is 5.74. The van der Waals surface area contributed by atoms with Crippen LogP contribution in [0.25, 0.3) is 6.08 Å². The molecule has 3 fully saturated rings. The highest BCUT2D eigenvalue weighted by Crippen LogP contribution is 2.31. The molecule has 276 valence electrons. The molecule has 3 heterocycles.